The number of carbonyl (C=O) groups excluding carboxylic acids is 2. The first kappa shape index (κ1) is 19.3. The highest BCUT2D eigenvalue weighted by molar-refractivity contribution is 5.87. The molecule has 0 spiro atoms. The average Bonchev–Trinajstić information content (AvgIpc) is 3.17. The fraction of sp³-hybridized carbons (Fsp3) is 0.300. The van der Waals surface area contributed by atoms with Crippen LogP contribution in [0.25, 0.3) is 0 Å². The van der Waals surface area contributed by atoms with Gasteiger partial charge in [-0.15, -0.1) is 0 Å². The molecular formula is C20H20N2O6. The molecule has 0 unspecified atom stereocenters. The Morgan fingerprint density at radius 2 is 1.68 bits per heavy atom. The van der Waals surface area contributed by atoms with Gasteiger partial charge in [-0.05, 0) is 30.5 Å². The average molecular weight is 384 g/mol. The molecule has 0 saturated heterocycles. The number of nitrogens with zero attached hydrogens (tertiary/aromatic N) is 1. The van der Waals surface area contributed by atoms with Crippen LogP contribution in [-0.2, 0) is 16.1 Å². The molecule has 1 amide bonds. The second-order valence-corrected chi connectivity index (χ2v) is 6.62. The normalized spacial score (nSPS) is 14.9. The number of rotatable bonds is 6. The zero-order chi connectivity index (χ0) is 20.0. The molecule has 1 fully saturated rings. The van der Waals surface area contributed by atoms with Crippen LogP contribution in [0.2, 0.25) is 0 Å². The van der Waals surface area contributed by atoms with Crippen LogP contribution >= 0.6 is 0 Å². The standard InChI is InChI=1S/C20H20N2O6/c23-18(28-17-10-8-16(9-11-17)22(25)26)20(12-4-5-13-20)21-19(24)27-14-15-6-2-1-3-7-15/h1-3,6-11H,4-5,12-14H2,(H,21,24). The van der Waals surface area contributed by atoms with Gasteiger partial charge in [0.15, 0.2) is 0 Å². The molecule has 0 aromatic heterocycles. The van der Waals surface area contributed by atoms with Gasteiger partial charge in [0.05, 0.1) is 4.92 Å². The Bertz CT molecular complexity index is 845. The first-order valence-corrected chi connectivity index (χ1v) is 8.94. The topological polar surface area (TPSA) is 108 Å². The molecule has 1 N–H and O–H groups in total. The molecule has 8 nitrogen and oxygen atoms in total. The van der Waals surface area contributed by atoms with Crippen molar-refractivity contribution in [2.24, 2.45) is 0 Å². The molecule has 3 rings (SSSR count). The molecule has 0 heterocycles. The molecule has 8 heteroatoms. The number of non-ortho nitro benzene ring substituents is 1. The summed E-state index contributed by atoms with van der Waals surface area (Å²) in [6.07, 6.45) is 1.74. The van der Waals surface area contributed by atoms with Crippen LogP contribution < -0.4 is 10.1 Å². The van der Waals surface area contributed by atoms with Crippen molar-refractivity contribution in [1.82, 2.24) is 5.32 Å². The van der Waals surface area contributed by atoms with Gasteiger partial charge in [-0.1, -0.05) is 43.2 Å². The zero-order valence-electron chi connectivity index (χ0n) is 15.1. The third-order valence-corrected chi connectivity index (χ3v) is 4.66. The Morgan fingerprint density at radius 1 is 1.04 bits per heavy atom. The molecule has 1 saturated carbocycles. The summed E-state index contributed by atoms with van der Waals surface area (Å²) in [7, 11) is 0. The van der Waals surface area contributed by atoms with Crippen LogP contribution in [0.3, 0.4) is 0 Å². The minimum absolute atomic E-state index is 0.0974. The van der Waals surface area contributed by atoms with Crippen molar-refractivity contribution in [2.75, 3.05) is 0 Å². The van der Waals surface area contributed by atoms with Crippen molar-refractivity contribution < 1.29 is 24.0 Å². The Hall–Kier alpha value is -3.42. The molecule has 1 aliphatic carbocycles. The van der Waals surface area contributed by atoms with Gasteiger partial charge in [-0.3, -0.25) is 10.1 Å². The summed E-state index contributed by atoms with van der Waals surface area (Å²) in [5.74, 6) is -0.420. The van der Waals surface area contributed by atoms with Crippen LogP contribution in [0.5, 0.6) is 5.75 Å². The van der Waals surface area contributed by atoms with Gasteiger partial charge in [-0.25, -0.2) is 9.59 Å². The number of nitro benzene ring substituents is 1. The highest BCUT2D eigenvalue weighted by Gasteiger charge is 2.44. The van der Waals surface area contributed by atoms with E-state index in [0.29, 0.717) is 12.8 Å². The minimum Gasteiger partial charge on any atom is -0.445 e. The summed E-state index contributed by atoms with van der Waals surface area (Å²) in [4.78, 5) is 35.2. The summed E-state index contributed by atoms with van der Waals surface area (Å²) < 4.78 is 10.6. The number of nitro groups is 1. The number of amides is 1. The molecule has 28 heavy (non-hydrogen) atoms. The lowest BCUT2D eigenvalue weighted by Crippen LogP contribution is -2.54. The van der Waals surface area contributed by atoms with Crippen LogP contribution in [0.4, 0.5) is 10.5 Å². The van der Waals surface area contributed by atoms with Crippen LogP contribution in [-0.4, -0.2) is 22.5 Å². The number of hydrogen-bond donors (Lipinski definition) is 1. The predicted octanol–water partition coefficient (Wildman–Crippen LogP) is 3.74. The van der Waals surface area contributed by atoms with Crippen LogP contribution in [0.1, 0.15) is 31.2 Å². The number of benzene rings is 2. The van der Waals surface area contributed by atoms with E-state index in [1.165, 1.54) is 24.3 Å². The SMILES string of the molecule is O=C(NC1(C(=O)Oc2ccc([N+](=O)[O-])cc2)CCCC1)OCc1ccccc1. The molecule has 146 valence electrons. The van der Waals surface area contributed by atoms with E-state index < -0.39 is 22.5 Å². The third-order valence-electron chi connectivity index (χ3n) is 4.66. The monoisotopic (exact) mass is 384 g/mol. The van der Waals surface area contributed by atoms with E-state index >= 15 is 0 Å². The van der Waals surface area contributed by atoms with Crippen molar-refractivity contribution in [3.05, 3.63) is 70.3 Å². The Labute approximate surface area is 161 Å². The van der Waals surface area contributed by atoms with Gasteiger partial charge in [0.2, 0.25) is 0 Å². The Kier molecular flexibility index (Phi) is 5.88. The lowest BCUT2D eigenvalue weighted by molar-refractivity contribution is -0.384. The number of hydrogen-bond acceptors (Lipinski definition) is 6. The van der Waals surface area contributed by atoms with Crippen molar-refractivity contribution in [3.63, 3.8) is 0 Å². The number of nitrogens with one attached hydrogen (secondary N) is 1. The Balaban J connectivity index is 1.62. The Morgan fingerprint density at radius 3 is 2.29 bits per heavy atom. The maximum Gasteiger partial charge on any atom is 0.408 e. The van der Waals surface area contributed by atoms with Gasteiger partial charge in [-0.2, -0.15) is 0 Å². The molecule has 1 aliphatic rings. The molecule has 0 aliphatic heterocycles. The van der Waals surface area contributed by atoms with E-state index in [0.717, 1.165) is 18.4 Å². The highest BCUT2D eigenvalue weighted by atomic mass is 16.6. The molecular weight excluding hydrogens is 364 g/mol. The quantitative estimate of drug-likeness (QED) is 0.352. The van der Waals surface area contributed by atoms with Crippen molar-refractivity contribution in [1.29, 1.82) is 0 Å². The molecule has 0 atom stereocenters. The maximum absolute atomic E-state index is 12.7. The predicted molar refractivity (Wildman–Crippen MR) is 99.7 cm³/mol. The summed E-state index contributed by atoms with van der Waals surface area (Å²) >= 11 is 0. The number of esters is 1. The van der Waals surface area contributed by atoms with E-state index in [1.807, 2.05) is 30.3 Å². The zero-order valence-corrected chi connectivity index (χ0v) is 15.1. The van der Waals surface area contributed by atoms with Crippen molar-refractivity contribution >= 4 is 17.7 Å². The summed E-state index contributed by atoms with van der Waals surface area (Å²) in [6, 6.07) is 14.4. The number of carbonyl (C=O) groups is 2. The van der Waals surface area contributed by atoms with Crippen LogP contribution in [0, 0.1) is 10.1 Å². The van der Waals surface area contributed by atoms with E-state index in [4.69, 9.17) is 9.47 Å². The lowest BCUT2D eigenvalue weighted by Gasteiger charge is -2.27. The fourth-order valence-electron chi connectivity index (χ4n) is 3.15. The van der Waals surface area contributed by atoms with E-state index in [-0.39, 0.29) is 18.0 Å². The highest BCUT2D eigenvalue weighted by Crippen LogP contribution is 2.32. The minimum atomic E-state index is -1.16. The van der Waals surface area contributed by atoms with Gasteiger partial charge in [0.1, 0.15) is 17.9 Å². The van der Waals surface area contributed by atoms with Crippen LogP contribution in [0.15, 0.2) is 54.6 Å². The van der Waals surface area contributed by atoms with Gasteiger partial charge >= 0.3 is 12.1 Å². The second-order valence-electron chi connectivity index (χ2n) is 6.62. The molecule has 2 aromatic carbocycles. The van der Waals surface area contributed by atoms with E-state index in [1.54, 1.807) is 0 Å². The largest absolute Gasteiger partial charge is 0.445 e. The third kappa shape index (κ3) is 4.64. The lowest BCUT2D eigenvalue weighted by atomic mass is 9.98. The summed E-state index contributed by atoms with van der Waals surface area (Å²) in [6.45, 7) is 0.0974. The number of alkyl carbamates (subject to hydrolysis) is 1. The first-order valence-electron chi connectivity index (χ1n) is 8.94. The number of ether oxygens (including phenoxy) is 2. The van der Waals surface area contributed by atoms with Gasteiger partial charge in [0.25, 0.3) is 5.69 Å². The first-order chi connectivity index (χ1) is 13.5. The smallest absolute Gasteiger partial charge is 0.408 e. The maximum atomic E-state index is 12.7. The van der Waals surface area contributed by atoms with Crippen molar-refractivity contribution in [3.8, 4) is 5.75 Å². The molecule has 0 radical (unpaired) electrons. The van der Waals surface area contributed by atoms with Gasteiger partial charge < -0.3 is 14.8 Å². The van der Waals surface area contributed by atoms with E-state index in [9.17, 15) is 19.7 Å². The van der Waals surface area contributed by atoms with E-state index in [2.05, 4.69) is 5.32 Å². The van der Waals surface area contributed by atoms with Gasteiger partial charge in [0, 0.05) is 12.1 Å². The van der Waals surface area contributed by atoms with Crippen molar-refractivity contribution in [2.45, 2.75) is 37.8 Å². The molecule has 2 aromatic rings. The molecule has 0 bridgehead atoms. The fourth-order valence-corrected chi connectivity index (χ4v) is 3.15. The second kappa shape index (κ2) is 8.51. The summed E-state index contributed by atoms with van der Waals surface area (Å²) in [5, 5.41) is 13.4. The summed E-state index contributed by atoms with van der Waals surface area (Å²) in [5.41, 5.74) is -0.417.